The van der Waals surface area contributed by atoms with Crippen LogP contribution < -0.4 is 0 Å². The maximum absolute atomic E-state index is 12.3. The second-order valence-electron chi connectivity index (χ2n) is 11.3. The van der Waals surface area contributed by atoms with Crippen molar-refractivity contribution in [3.8, 4) is 0 Å². The molecule has 1 N–H and O–H groups in total. The molecule has 3 saturated carbocycles. The molecule has 186 valence electrons. The van der Waals surface area contributed by atoms with Crippen molar-refractivity contribution in [3.63, 3.8) is 0 Å². The molecule has 6 heteroatoms. The summed E-state index contributed by atoms with van der Waals surface area (Å²) in [6.07, 6.45) is 6.78. The van der Waals surface area contributed by atoms with Gasteiger partial charge in [-0.1, -0.05) is 44.3 Å². The zero-order chi connectivity index (χ0) is 25.1. The molecule has 5 nitrogen and oxygen atoms in total. The molecule has 0 aromatic rings. The van der Waals surface area contributed by atoms with Crippen LogP contribution >= 0.6 is 11.8 Å². The normalized spacial score (nSPS) is 41.3. The summed E-state index contributed by atoms with van der Waals surface area (Å²) in [6, 6.07) is 0. The number of carbonyl (C=O) groups excluding carboxylic acids is 3. The Labute approximate surface area is 207 Å². The van der Waals surface area contributed by atoms with Crippen LogP contribution in [0.5, 0.6) is 0 Å². The van der Waals surface area contributed by atoms with Crippen molar-refractivity contribution in [1.82, 2.24) is 0 Å². The highest BCUT2D eigenvalue weighted by Gasteiger charge is 2.68. The minimum atomic E-state index is -1.12. The van der Waals surface area contributed by atoms with Gasteiger partial charge in [-0.3, -0.25) is 14.4 Å². The maximum Gasteiger partial charge on any atom is 0.302 e. The molecule has 4 rings (SSSR count). The van der Waals surface area contributed by atoms with Crippen molar-refractivity contribution >= 4 is 28.6 Å². The summed E-state index contributed by atoms with van der Waals surface area (Å²) in [6.45, 7) is 16.5. The van der Waals surface area contributed by atoms with E-state index in [2.05, 4.69) is 27.0 Å². The monoisotopic (exact) mass is 486 g/mol. The number of hydrogen-bond donors (Lipinski definition) is 1. The third-order valence-corrected chi connectivity index (χ3v) is 10.8. The van der Waals surface area contributed by atoms with E-state index in [4.69, 9.17) is 4.74 Å². The Hall–Kier alpha value is -1.66. The lowest BCUT2D eigenvalue weighted by atomic mass is 9.46. The van der Waals surface area contributed by atoms with E-state index in [-0.39, 0.29) is 46.0 Å². The summed E-state index contributed by atoms with van der Waals surface area (Å²) in [5.41, 5.74) is 1.17. The van der Waals surface area contributed by atoms with E-state index >= 15 is 0 Å². The van der Waals surface area contributed by atoms with Gasteiger partial charge >= 0.3 is 5.97 Å². The van der Waals surface area contributed by atoms with Gasteiger partial charge < -0.3 is 9.84 Å². The topological polar surface area (TPSA) is 80.7 Å². The van der Waals surface area contributed by atoms with Gasteiger partial charge in [-0.2, -0.15) is 0 Å². The number of carbonyl (C=O) groups is 3. The van der Waals surface area contributed by atoms with E-state index < -0.39 is 11.0 Å². The van der Waals surface area contributed by atoms with E-state index in [1.54, 1.807) is 6.92 Å². The summed E-state index contributed by atoms with van der Waals surface area (Å²) in [4.78, 5) is 35.8. The van der Waals surface area contributed by atoms with Crippen LogP contribution in [0, 0.1) is 28.6 Å². The third-order valence-electron chi connectivity index (χ3n) is 9.65. The molecule has 0 saturated heterocycles. The minimum Gasteiger partial charge on any atom is -0.466 e. The van der Waals surface area contributed by atoms with Crippen LogP contribution in [0.2, 0.25) is 0 Å². The molecule has 0 bridgehead atoms. The third kappa shape index (κ3) is 3.76. The number of ketones is 1. The maximum atomic E-state index is 12.3. The molecule has 0 radical (unpaired) electrons. The van der Waals surface area contributed by atoms with Crippen LogP contribution in [-0.2, 0) is 19.1 Å². The van der Waals surface area contributed by atoms with Gasteiger partial charge in [0.2, 0.25) is 0 Å². The fourth-order valence-electron chi connectivity index (χ4n) is 7.91. The van der Waals surface area contributed by atoms with Crippen molar-refractivity contribution in [2.45, 2.75) is 83.5 Å². The van der Waals surface area contributed by atoms with Crippen LogP contribution in [0.1, 0.15) is 72.6 Å². The summed E-state index contributed by atoms with van der Waals surface area (Å²) in [7, 11) is 0. The molecule has 0 aromatic carbocycles. The van der Waals surface area contributed by atoms with Gasteiger partial charge in [0.25, 0.3) is 0 Å². The van der Waals surface area contributed by atoms with E-state index in [0.29, 0.717) is 30.8 Å². The number of thioether (sulfide) groups is 1. The van der Waals surface area contributed by atoms with Gasteiger partial charge in [0.05, 0.1) is 12.2 Å². The molecular formula is C28H38O5S. The van der Waals surface area contributed by atoms with Crippen LogP contribution in [0.15, 0.2) is 36.0 Å². The zero-order valence-corrected chi connectivity index (χ0v) is 21.8. The first kappa shape index (κ1) is 25.4. The van der Waals surface area contributed by atoms with Crippen LogP contribution in [-0.4, -0.2) is 39.4 Å². The van der Waals surface area contributed by atoms with Gasteiger partial charge in [0.1, 0.15) is 0 Å². The number of aliphatic hydroxyl groups is 1. The first-order valence-electron chi connectivity index (χ1n) is 12.5. The van der Waals surface area contributed by atoms with E-state index in [1.165, 1.54) is 24.3 Å². The number of fused-ring (bicyclic) bond motifs is 5. The lowest BCUT2D eigenvalue weighted by Gasteiger charge is -2.61. The molecule has 34 heavy (non-hydrogen) atoms. The molecule has 0 aliphatic heterocycles. The van der Waals surface area contributed by atoms with Gasteiger partial charge in [0.15, 0.2) is 10.9 Å². The lowest BCUT2D eigenvalue weighted by molar-refractivity contribution is -0.142. The second-order valence-corrected chi connectivity index (χ2v) is 12.7. The molecule has 0 heterocycles. The molecule has 0 aromatic heterocycles. The van der Waals surface area contributed by atoms with E-state index in [9.17, 15) is 19.5 Å². The van der Waals surface area contributed by atoms with E-state index in [0.717, 1.165) is 31.3 Å². The summed E-state index contributed by atoms with van der Waals surface area (Å²) in [5.74, 6) is 0.392. The standard InChI is InChI=1S/C28H38O5S/c1-16-17(2)28(32,10-7-13-33-18(3)29)27(6)12-9-22-24(25(16)27)23(34-19(4)30)15-20-14-21(31)8-11-26(20,22)5/h14,22-25,32H,1-2,7-13,15H2,3-6H3/t22-,23?,24+,25+,26+,27+,28?/m1/s1. The molecule has 0 amide bonds. The van der Waals surface area contributed by atoms with Crippen molar-refractivity contribution in [2.24, 2.45) is 28.6 Å². The highest BCUT2D eigenvalue weighted by Crippen LogP contribution is 2.71. The summed E-state index contributed by atoms with van der Waals surface area (Å²) >= 11 is 1.39. The summed E-state index contributed by atoms with van der Waals surface area (Å²) in [5, 5.41) is 12.2. The highest BCUT2D eigenvalue weighted by molar-refractivity contribution is 8.14. The number of esters is 1. The number of rotatable bonds is 5. The average molecular weight is 487 g/mol. The second kappa shape index (κ2) is 8.77. The molecule has 0 spiro atoms. The number of allylic oxidation sites excluding steroid dienone is 1. The molecule has 4 aliphatic rings. The van der Waals surface area contributed by atoms with Gasteiger partial charge in [0, 0.05) is 30.9 Å². The van der Waals surface area contributed by atoms with Gasteiger partial charge in [-0.15, -0.1) is 0 Å². The molecule has 7 atom stereocenters. The molecular weight excluding hydrogens is 448 g/mol. The smallest absolute Gasteiger partial charge is 0.302 e. The minimum absolute atomic E-state index is 0.0188. The number of ether oxygens (including phenoxy) is 1. The Morgan fingerprint density at radius 3 is 2.59 bits per heavy atom. The largest absolute Gasteiger partial charge is 0.466 e. The molecule has 4 aliphatic carbocycles. The Morgan fingerprint density at radius 2 is 1.94 bits per heavy atom. The predicted molar refractivity (Wildman–Crippen MR) is 134 cm³/mol. The van der Waals surface area contributed by atoms with Gasteiger partial charge in [-0.05, 0) is 78.9 Å². The molecule has 3 fully saturated rings. The fraction of sp³-hybridized carbons (Fsp3) is 0.679. The average Bonchev–Trinajstić information content (AvgIpc) is 2.90. The van der Waals surface area contributed by atoms with Crippen molar-refractivity contribution in [2.75, 3.05) is 6.61 Å². The highest BCUT2D eigenvalue weighted by atomic mass is 32.2. The SMILES string of the molecule is C=C1C(=C)C(O)(CCCOC(C)=O)[C@@]2(C)CC[C@@H]3[C@@H](C(SC(C)=O)CC4=CC(=O)CC[C@@]43C)[C@H]12. The quantitative estimate of drug-likeness (QED) is 0.426. The lowest BCUT2D eigenvalue weighted by Crippen LogP contribution is -2.58. The Balaban J connectivity index is 1.72. The number of hydrogen-bond acceptors (Lipinski definition) is 6. The van der Waals surface area contributed by atoms with Gasteiger partial charge in [-0.25, -0.2) is 0 Å². The van der Waals surface area contributed by atoms with Crippen LogP contribution in [0.3, 0.4) is 0 Å². The van der Waals surface area contributed by atoms with Crippen molar-refractivity contribution in [3.05, 3.63) is 36.0 Å². The first-order valence-corrected chi connectivity index (χ1v) is 13.4. The first-order chi connectivity index (χ1) is 15.8. The van der Waals surface area contributed by atoms with Crippen LogP contribution in [0.25, 0.3) is 0 Å². The molecule has 2 unspecified atom stereocenters. The van der Waals surface area contributed by atoms with Crippen molar-refractivity contribution < 1.29 is 24.2 Å². The Morgan fingerprint density at radius 1 is 1.24 bits per heavy atom. The predicted octanol–water partition coefficient (Wildman–Crippen LogP) is 5.18. The van der Waals surface area contributed by atoms with E-state index in [1.807, 2.05) is 6.08 Å². The van der Waals surface area contributed by atoms with Crippen LogP contribution in [0.4, 0.5) is 0 Å². The zero-order valence-electron chi connectivity index (χ0n) is 20.9. The fourth-order valence-corrected chi connectivity index (χ4v) is 9.11. The Kier molecular flexibility index (Phi) is 6.56. The van der Waals surface area contributed by atoms with Crippen molar-refractivity contribution in [1.29, 1.82) is 0 Å². The summed E-state index contributed by atoms with van der Waals surface area (Å²) < 4.78 is 5.13. The Bertz CT molecular complexity index is 981.